The Balaban J connectivity index is 2.22. The summed E-state index contributed by atoms with van der Waals surface area (Å²) >= 11 is 0. The molecule has 0 spiro atoms. The summed E-state index contributed by atoms with van der Waals surface area (Å²) in [5.41, 5.74) is -0.351. The minimum absolute atomic E-state index is 0.159. The van der Waals surface area contributed by atoms with Crippen LogP contribution in [0.4, 0.5) is 17.6 Å². The van der Waals surface area contributed by atoms with E-state index in [9.17, 15) is 30.8 Å². The molecule has 29 heavy (non-hydrogen) atoms. The van der Waals surface area contributed by atoms with Gasteiger partial charge in [0.2, 0.25) is 5.91 Å². The molecule has 0 N–H and O–H groups in total. The van der Waals surface area contributed by atoms with Gasteiger partial charge in [-0.2, -0.15) is 13.2 Å². The predicted octanol–water partition coefficient (Wildman–Crippen LogP) is 4.10. The standard InChI is InChI=1S/C20H21F4NO3S/c1-19(2,18(26)25(3)12-11-14-7-9-16(21)10-8-14)29(27,28)17-6-4-5-15(13-17)20(22,23)24/h4-10,13H,11-12H2,1-3H3. The maximum Gasteiger partial charge on any atom is 0.416 e. The van der Waals surface area contributed by atoms with Gasteiger partial charge in [0.1, 0.15) is 10.6 Å². The number of halogens is 4. The van der Waals surface area contributed by atoms with Crippen molar-refractivity contribution in [3.8, 4) is 0 Å². The van der Waals surface area contributed by atoms with Gasteiger partial charge in [-0.15, -0.1) is 0 Å². The average Bonchev–Trinajstić information content (AvgIpc) is 2.66. The van der Waals surface area contributed by atoms with Crippen LogP contribution in [0.3, 0.4) is 0 Å². The summed E-state index contributed by atoms with van der Waals surface area (Å²) in [4.78, 5) is 13.4. The van der Waals surface area contributed by atoms with E-state index in [0.29, 0.717) is 12.5 Å². The van der Waals surface area contributed by atoms with Crippen LogP contribution in [-0.2, 0) is 27.2 Å². The first-order valence-corrected chi connectivity index (χ1v) is 10.2. The zero-order valence-corrected chi connectivity index (χ0v) is 16.9. The summed E-state index contributed by atoms with van der Waals surface area (Å²) < 4.78 is 75.7. The third-order valence-electron chi connectivity index (χ3n) is 4.65. The molecule has 9 heteroatoms. The molecule has 4 nitrogen and oxygen atoms in total. The first kappa shape index (κ1) is 22.9. The molecule has 0 heterocycles. The number of rotatable bonds is 6. The minimum atomic E-state index is -4.70. The Morgan fingerprint density at radius 3 is 2.17 bits per heavy atom. The Morgan fingerprint density at radius 2 is 1.62 bits per heavy atom. The number of sulfone groups is 1. The number of nitrogens with zero attached hydrogens (tertiary/aromatic N) is 1. The largest absolute Gasteiger partial charge is 0.416 e. The van der Waals surface area contributed by atoms with Crippen LogP contribution in [0.25, 0.3) is 0 Å². The zero-order chi connectivity index (χ0) is 22.0. The van der Waals surface area contributed by atoms with E-state index in [0.717, 1.165) is 23.8 Å². The van der Waals surface area contributed by atoms with E-state index in [1.165, 1.54) is 37.9 Å². The third kappa shape index (κ3) is 4.95. The fourth-order valence-electron chi connectivity index (χ4n) is 2.76. The summed E-state index contributed by atoms with van der Waals surface area (Å²) in [6.45, 7) is 2.49. The molecule has 0 aliphatic heterocycles. The van der Waals surface area contributed by atoms with Gasteiger partial charge in [0, 0.05) is 13.6 Å². The van der Waals surface area contributed by atoms with Crippen molar-refractivity contribution in [1.29, 1.82) is 0 Å². The summed E-state index contributed by atoms with van der Waals surface area (Å²) in [5, 5.41) is 0. The van der Waals surface area contributed by atoms with Gasteiger partial charge in [-0.25, -0.2) is 12.8 Å². The van der Waals surface area contributed by atoms with E-state index in [2.05, 4.69) is 0 Å². The molecule has 0 aliphatic carbocycles. The van der Waals surface area contributed by atoms with E-state index < -0.39 is 42.9 Å². The molecule has 0 atom stereocenters. The molecule has 0 saturated heterocycles. The minimum Gasteiger partial charge on any atom is -0.344 e. The average molecular weight is 431 g/mol. The van der Waals surface area contributed by atoms with Crippen molar-refractivity contribution >= 4 is 15.7 Å². The Labute approximate surface area is 167 Å². The normalized spacial score (nSPS) is 12.7. The van der Waals surface area contributed by atoms with Crippen LogP contribution in [0.5, 0.6) is 0 Å². The van der Waals surface area contributed by atoms with Crippen molar-refractivity contribution in [2.24, 2.45) is 0 Å². The number of carbonyl (C=O) groups excluding carboxylic acids is 1. The van der Waals surface area contributed by atoms with Crippen LogP contribution in [0.2, 0.25) is 0 Å². The second kappa shape index (κ2) is 8.14. The molecule has 0 aromatic heterocycles. The Bertz CT molecular complexity index is 984. The number of likely N-dealkylation sites (N-methyl/N-ethyl adjacent to an activating group) is 1. The molecular formula is C20H21F4NO3S. The topological polar surface area (TPSA) is 54.5 Å². The Hall–Kier alpha value is -2.42. The van der Waals surface area contributed by atoms with Gasteiger partial charge in [0.25, 0.3) is 0 Å². The number of alkyl halides is 3. The fourth-order valence-corrected chi connectivity index (χ4v) is 4.27. The van der Waals surface area contributed by atoms with Gasteiger partial charge in [-0.05, 0) is 56.2 Å². The number of amides is 1. The van der Waals surface area contributed by atoms with Crippen LogP contribution < -0.4 is 0 Å². The highest BCUT2D eigenvalue weighted by Gasteiger charge is 2.45. The van der Waals surface area contributed by atoms with E-state index >= 15 is 0 Å². The van der Waals surface area contributed by atoms with Crippen molar-refractivity contribution in [2.75, 3.05) is 13.6 Å². The highest BCUT2D eigenvalue weighted by Crippen LogP contribution is 2.33. The Kier molecular flexibility index (Phi) is 6.42. The monoisotopic (exact) mass is 431 g/mol. The number of hydrogen-bond acceptors (Lipinski definition) is 3. The molecule has 2 aromatic carbocycles. The van der Waals surface area contributed by atoms with Crippen LogP contribution in [-0.4, -0.2) is 37.6 Å². The second-order valence-electron chi connectivity index (χ2n) is 7.14. The lowest BCUT2D eigenvalue weighted by Crippen LogP contribution is -2.49. The molecule has 0 fully saturated rings. The van der Waals surface area contributed by atoms with Crippen LogP contribution in [0.15, 0.2) is 53.4 Å². The van der Waals surface area contributed by atoms with Gasteiger partial charge < -0.3 is 4.90 Å². The molecule has 0 unspecified atom stereocenters. The second-order valence-corrected chi connectivity index (χ2v) is 9.64. The maximum atomic E-state index is 13.0. The molecule has 1 amide bonds. The van der Waals surface area contributed by atoms with E-state index in [1.807, 2.05) is 0 Å². The smallest absolute Gasteiger partial charge is 0.344 e. The van der Waals surface area contributed by atoms with E-state index in [-0.39, 0.29) is 6.54 Å². The first-order valence-electron chi connectivity index (χ1n) is 8.68. The highest BCUT2D eigenvalue weighted by atomic mass is 32.2. The number of benzene rings is 2. The summed E-state index contributed by atoms with van der Waals surface area (Å²) in [5.74, 6) is -1.15. The van der Waals surface area contributed by atoms with E-state index in [4.69, 9.17) is 0 Å². The maximum absolute atomic E-state index is 13.0. The fraction of sp³-hybridized carbons (Fsp3) is 0.350. The van der Waals surface area contributed by atoms with Crippen molar-refractivity contribution in [3.05, 3.63) is 65.5 Å². The van der Waals surface area contributed by atoms with Gasteiger partial charge >= 0.3 is 6.18 Å². The quantitative estimate of drug-likeness (QED) is 0.648. The van der Waals surface area contributed by atoms with Gasteiger partial charge in [0.05, 0.1) is 10.5 Å². The first-order chi connectivity index (χ1) is 13.3. The third-order valence-corrected chi connectivity index (χ3v) is 7.05. The molecule has 2 aromatic rings. The molecule has 2 rings (SSSR count). The lowest BCUT2D eigenvalue weighted by atomic mass is 10.1. The van der Waals surface area contributed by atoms with Gasteiger partial charge in [-0.1, -0.05) is 18.2 Å². The van der Waals surface area contributed by atoms with Gasteiger partial charge in [-0.3, -0.25) is 4.79 Å². The lowest BCUT2D eigenvalue weighted by Gasteiger charge is -2.29. The van der Waals surface area contributed by atoms with E-state index in [1.54, 1.807) is 12.1 Å². The van der Waals surface area contributed by atoms with Crippen molar-refractivity contribution in [2.45, 2.75) is 36.1 Å². The van der Waals surface area contributed by atoms with Gasteiger partial charge in [0.15, 0.2) is 9.84 Å². The number of carbonyl (C=O) groups is 1. The lowest BCUT2D eigenvalue weighted by molar-refractivity contribution is -0.137. The molecule has 0 aliphatic rings. The molecule has 158 valence electrons. The predicted molar refractivity (Wildman–Crippen MR) is 100 cm³/mol. The molecule has 0 saturated carbocycles. The van der Waals surface area contributed by atoms with Crippen LogP contribution in [0, 0.1) is 5.82 Å². The molecule has 0 radical (unpaired) electrons. The van der Waals surface area contributed by atoms with Crippen molar-refractivity contribution in [3.63, 3.8) is 0 Å². The Morgan fingerprint density at radius 1 is 1.03 bits per heavy atom. The van der Waals surface area contributed by atoms with Crippen molar-refractivity contribution < 1.29 is 30.8 Å². The summed E-state index contributed by atoms with van der Waals surface area (Å²) in [6.07, 6.45) is -4.34. The number of hydrogen-bond donors (Lipinski definition) is 0. The van der Waals surface area contributed by atoms with Crippen LogP contribution >= 0.6 is 0 Å². The zero-order valence-electron chi connectivity index (χ0n) is 16.1. The summed E-state index contributed by atoms with van der Waals surface area (Å²) in [7, 11) is -2.98. The summed E-state index contributed by atoms with van der Waals surface area (Å²) in [6, 6.07) is 8.99. The molecule has 0 bridgehead atoms. The molecular weight excluding hydrogens is 410 g/mol. The van der Waals surface area contributed by atoms with Crippen molar-refractivity contribution in [1.82, 2.24) is 4.90 Å². The highest BCUT2D eigenvalue weighted by molar-refractivity contribution is 7.93. The SMILES string of the molecule is CN(CCc1ccc(F)cc1)C(=O)C(C)(C)S(=O)(=O)c1cccc(C(F)(F)F)c1. The van der Waals surface area contributed by atoms with Crippen LogP contribution in [0.1, 0.15) is 25.0 Å².